The predicted octanol–water partition coefficient (Wildman–Crippen LogP) is 2.08. The monoisotopic (exact) mass is 452 g/mol. The second kappa shape index (κ2) is 11.1. The van der Waals surface area contributed by atoms with Crippen LogP contribution >= 0.6 is 35.7 Å². The zero-order valence-corrected chi connectivity index (χ0v) is 17.5. The van der Waals surface area contributed by atoms with Crippen LogP contribution in [0.3, 0.4) is 0 Å². The smallest absolute Gasteiger partial charge is 0.191 e. The molecule has 0 amide bonds. The minimum atomic E-state index is 0. The molecule has 0 bridgehead atoms. The van der Waals surface area contributed by atoms with E-state index in [1.807, 2.05) is 23.5 Å². The number of thioether (sulfide) groups is 1. The van der Waals surface area contributed by atoms with Gasteiger partial charge in [-0.25, -0.2) is 9.67 Å². The van der Waals surface area contributed by atoms with Crippen LogP contribution in [0, 0.1) is 0 Å². The summed E-state index contributed by atoms with van der Waals surface area (Å²) in [6, 6.07) is 0.372. The lowest BCUT2D eigenvalue weighted by atomic mass is 10.1. The van der Waals surface area contributed by atoms with E-state index in [-0.39, 0.29) is 24.0 Å². The van der Waals surface area contributed by atoms with Crippen molar-refractivity contribution < 1.29 is 0 Å². The molecule has 0 spiro atoms. The van der Waals surface area contributed by atoms with Crippen LogP contribution < -0.4 is 10.6 Å². The quantitative estimate of drug-likeness (QED) is 0.287. The first kappa shape index (κ1) is 20.5. The molecule has 0 aromatic carbocycles. The van der Waals surface area contributed by atoms with Gasteiger partial charge < -0.3 is 10.6 Å². The molecule has 2 N–H and O–H groups in total. The van der Waals surface area contributed by atoms with E-state index in [1.54, 1.807) is 0 Å². The zero-order valence-electron chi connectivity index (χ0n) is 14.3. The minimum absolute atomic E-state index is 0. The number of halogens is 1. The summed E-state index contributed by atoms with van der Waals surface area (Å²) in [6.45, 7) is 3.94. The number of guanidine groups is 1. The number of nitrogens with one attached hydrogen (secondary N) is 2. The second-order valence-corrected chi connectivity index (χ2v) is 6.54. The van der Waals surface area contributed by atoms with Gasteiger partial charge in [0, 0.05) is 32.5 Å². The lowest BCUT2D eigenvalue weighted by molar-refractivity contribution is 0.392. The Hall–Kier alpha value is -0.510. The molecule has 1 atom stereocenters. The maximum absolute atomic E-state index is 4.56. The van der Waals surface area contributed by atoms with E-state index < -0.39 is 0 Å². The number of unbranched alkanes of at least 4 members (excludes halogenated alkanes) is 1. The molecular weight excluding hydrogens is 423 g/mol. The summed E-state index contributed by atoms with van der Waals surface area (Å²) in [5, 5.41) is 11.5. The number of rotatable bonds is 7. The van der Waals surface area contributed by atoms with Crippen LogP contribution in [0.5, 0.6) is 0 Å². The van der Waals surface area contributed by atoms with Crippen LogP contribution in [0.15, 0.2) is 4.99 Å². The van der Waals surface area contributed by atoms with Crippen molar-refractivity contribution in [1.82, 2.24) is 25.4 Å². The van der Waals surface area contributed by atoms with Crippen LogP contribution in [0.2, 0.25) is 0 Å². The molecule has 0 saturated heterocycles. The summed E-state index contributed by atoms with van der Waals surface area (Å²) in [5.74, 6) is 4.20. The molecule has 1 unspecified atom stereocenters. The Labute approximate surface area is 160 Å². The molecule has 0 radical (unpaired) electrons. The van der Waals surface area contributed by atoms with Crippen molar-refractivity contribution >= 4 is 41.7 Å². The number of nitrogens with zero attached hydrogens (tertiary/aromatic N) is 4. The van der Waals surface area contributed by atoms with E-state index in [0.29, 0.717) is 6.04 Å². The summed E-state index contributed by atoms with van der Waals surface area (Å²) in [4.78, 5) is 8.88. The maximum atomic E-state index is 4.56. The van der Waals surface area contributed by atoms with E-state index in [2.05, 4.69) is 38.9 Å². The number of hydrogen-bond acceptors (Lipinski definition) is 4. The highest BCUT2D eigenvalue weighted by molar-refractivity contribution is 14.0. The van der Waals surface area contributed by atoms with Gasteiger partial charge in [-0.1, -0.05) is 6.92 Å². The zero-order chi connectivity index (χ0) is 15.8. The summed E-state index contributed by atoms with van der Waals surface area (Å²) in [7, 11) is 1.83. The average Bonchev–Trinajstić information content (AvgIpc) is 2.95. The fraction of sp³-hybridized carbons (Fsp3) is 0.800. The highest BCUT2D eigenvalue weighted by atomic mass is 127. The Balaban J connectivity index is 0.00000264. The molecule has 1 aliphatic rings. The van der Waals surface area contributed by atoms with Crippen LogP contribution in [0.4, 0.5) is 0 Å². The highest BCUT2D eigenvalue weighted by Crippen LogP contribution is 2.13. The first-order chi connectivity index (χ1) is 10.8. The van der Waals surface area contributed by atoms with Crippen molar-refractivity contribution in [3.63, 3.8) is 0 Å². The van der Waals surface area contributed by atoms with Crippen LogP contribution in [0.1, 0.15) is 37.8 Å². The molecule has 0 fully saturated rings. The summed E-state index contributed by atoms with van der Waals surface area (Å²) in [5.41, 5.74) is 0. The van der Waals surface area contributed by atoms with Gasteiger partial charge in [0.2, 0.25) is 0 Å². The molecule has 2 heterocycles. The molecule has 132 valence electrons. The minimum Gasteiger partial charge on any atom is -0.356 e. The van der Waals surface area contributed by atoms with Crippen molar-refractivity contribution in [2.45, 2.75) is 51.6 Å². The molecule has 1 aliphatic heterocycles. The normalized spacial score (nSPS) is 17.3. The number of aromatic nitrogens is 3. The standard InChI is InChI=1S/C15H28N6S.HI/c1-4-13-19-14-8-7-12(11-21(14)20-13)18-15(16-2)17-9-5-6-10-22-3;/h12H,4-11H2,1-3H3,(H2,16,17,18);1H. The van der Waals surface area contributed by atoms with Crippen LogP contribution in [-0.2, 0) is 19.4 Å². The lowest BCUT2D eigenvalue weighted by Crippen LogP contribution is -2.47. The Morgan fingerprint density at radius 3 is 2.96 bits per heavy atom. The van der Waals surface area contributed by atoms with Crippen LogP contribution in [-0.4, -0.2) is 52.4 Å². The van der Waals surface area contributed by atoms with Gasteiger partial charge in [-0.2, -0.15) is 16.9 Å². The Kier molecular flexibility index (Phi) is 9.92. The Morgan fingerprint density at radius 2 is 2.26 bits per heavy atom. The van der Waals surface area contributed by atoms with Crippen LogP contribution in [0.25, 0.3) is 0 Å². The number of aliphatic imine (C=N–C) groups is 1. The SMILES string of the molecule is CCc1nc2n(n1)CC(NC(=NC)NCCCCSC)CC2.I. The topological polar surface area (TPSA) is 67.1 Å². The first-order valence-corrected chi connectivity index (χ1v) is 9.55. The molecule has 8 heteroatoms. The summed E-state index contributed by atoms with van der Waals surface area (Å²) < 4.78 is 2.05. The van der Waals surface area contributed by atoms with Crippen molar-refractivity contribution in [2.24, 2.45) is 4.99 Å². The number of aryl methyl sites for hydroxylation is 2. The third-order valence-corrected chi connectivity index (χ3v) is 4.55. The number of hydrogen-bond donors (Lipinski definition) is 2. The molecule has 1 aromatic heterocycles. The molecule has 0 aliphatic carbocycles. The molecular formula is C15H29IN6S. The Morgan fingerprint density at radius 1 is 1.43 bits per heavy atom. The van der Waals surface area contributed by atoms with E-state index in [0.717, 1.165) is 50.0 Å². The maximum Gasteiger partial charge on any atom is 0.191 e. The van der Waals surface area contributed by atoms with Gasteiger partial charge in [-0.3, -0.25) is 4.99 Å². The summed E-state index contributed by atoms with van der Waals surface area (Å²) >= 11 is 1.90. The Bertz CT molecular complexity index is 490. The predicted molar refractivity (Wildman–Crippen MR) is 109 cm³/mol. The summed E-state index contributed by atoms with van der Waals surface area (Å²) in [6.07, 6.45) is 7.54. The highest BCUT2D eigenvalue weighted by Gasteiger charge is 2.21. The molecule has 6 nitrogen and oxygen atoms in total. The van der Waals surface area contributed by atoms with Crippen molar-refractivity contribution in [3.8, 4) is 0 Å². The van der Waals surface area contributed by atoms with Crippen molar-refractivity contribution in [3.05, 3.63) is 11.6 Å². The third kappa shape index (κ3) is 6.48. The molecule has 2 rings (SSSR count). The van der Waals surface area contributed by atoms with Crippen molar-refractivity contribution in [1.29, 1.82) is 0 Å². The first-order valence-electron chi connectivity index (χ1n) is 8.15. The number of fused-ring (bicyclic) bond motifs is 1. The van der Waals surface area contributed by atoms with Gasteiger partial charge in [0.15, 0.2) is 11.8 Å². The van der Waals surface area contributed by atoms with Gasteiger partial charge in [0.25, 0.3) is 0 Å². The van der Waals surface area contributed by atoms with Gasteiger partial charge in [0.05, 0.1) is 6.54 Å². The average molecular weight is 452 g/mol. The van der Waals surface area contributed by atoms with E-state index in [1.165, 1.54) is 18.6 Å². The largest absolute Gasteiger partial charge is 0.356 e. The van der Waals surface area contributed by atoms with Gasteiger partial charge >= 0.3 is 0 Å². The van der Waals surface area contributed by atoms with E-state index in [9.17, 15) is 0 Å². The van der Waals surface area contributed by atoms with Gasteiger partial charge in [-0.05, 0) is 31.3 Å². The van der Waals surface area contributed by atoms with E-state index >= 15 is 0 Å². The second-order valence-electron chi connectivity index (χ2n) is 5.56. The fourth-order valence-corrected chi connectivity index (χ4v) is 3.09. The molecule has 1 aromatic rings. The fourth-order valence-electron chi connectivity index (χ4n) is 2.59. The lowest BCUT2D eigenvalue weighted by Gasteiger charge is -2.25. The molecule has 23 heavy (non-hydrogen) atoms. The third-order valence-electron chi connectivity index (χ3n) is 3.85. The molecule has 0 saturated carbocycles. The van der Waals surface area contributed by atoms with E-state index in [4.69, 9.17) is 0 Å². The van der Waals surface area contributed by atoms with Crippen molar-refractivity contribution in [2.75, 3.05) is 25.6 Å². The van der Waals surface area contributed by atoms with Gasteiger partial charge in [0.1, 0.15) is 5.82 Å². The van der Waals surface area contributed by atoms with Gasteiger partial charge in [-0.15, -0.1) is 24.0 Å².